The Morgan fingerprint density at radius 2 is 1.76 bits per heavy atom. The molecule has 29 heavy (non-hydrogen) atoms. The van der Waals surface area contributed by atoms with Gasteiger partial charge in [-0.3, -0.25) is 4.79 Å². The molecule has 4 rings (SSSR count). The van der Waals surface area contributed by atoms with Gasteiger partial charge in [-0.15, -0.1) is 0 Å². The summed E-state index contributed by atoms with van der Waals surface area (Å²) in [7, 11) is 0. The topological polar surface area (TPSA) is 33.0 Å². The molecule has 148 valence electrons. The third kappa shape index (κ3) is 4.31. The van der Waals surface area contributed by atoms with Crippen LogP contribution in [0.5, 0.6) is 0 Å². The molecule has 2 aromatic carbocycles. The lowest BCUT2D eigenvalue weighted by Gasteiger charge is -2.26. The summed E-state index contributed by atoms with van der Waals surface area (Å²) in [6.07, 6.45) is 1.19. The molecule has 1 atom stereocenters. The van der Waals surface area contributed by atoms with E-state index >= 15 is 0 Å². The molecule has 0 saturated heterocycles. The number of hydrogen-bond acceptors (Lipinski definition) is 2. The fourth-order valence-corrected chi connectivity index (χ4v) is 3.63. The summed E-state index contributed by atoms with van der Waals surface area (Å²) in [4.78, 5) is 12.5. The maximum Gasteiger partial charge on any atom is 0.416 e. The first kappa shape index (κ1) is 19.2. The molecule has 0 bridgehead atoms. The molecular weight excluding hydrogens is 377 g/mol. The van der Waals surface area contributed by atoms with Crippen LogP contribution in [0.3, 0.4) is 0 Å². The van der Waals surface area contributed by atoms with Gasteiger partial charge in [0.25, 0.3) is 0 Å². The van der Waals surface area contributed by atoms with Gasteiger partial charge < -0.3 is 5.32 Å². The summed E-state index contributed by atoms with van der Waals surface area (Å²) in [5, 5.41) is 3.54. The minimum Gasteiger partial charge on any atom is -0.378 e. The number of rotatable bonds is 4. The fraction of sp³-hybridized carbons (Fsp3) is 0.217. The van der Waals surface area contributed by atoms with Crippen LogP contribution in [-0.4, -0.2) is 5.78 Å². The molecule has 1 aliphatic rings. The van der Waals surface area contributed by atoms with Gasteiger partial charge in [0.1, 0.15) is 0 Å². The Morgan fingerprint density at radius 1 is 1.03 bits per heavy atom. The third-order valence-electron chi connectivity index (χ3n) is 5.19. The molecular formula is C23H20F3N2O+. The van der Waals surface area contributed by atoms with E-state index in [0.717, 1.165) is 36.2 Å². The maximum atomic E-state index is 12.7. The van der Waals surface area contributed by atoms with Crippen LogP contribution in [0, 0.1) is 0 Å². The summed E-state index contributed by atoms with van der Waals surface area (Å²) >= 11 is 0. The normalized spacial score (nSPS) is 16.0. The zero-order valence-corrected chi connectivity index (χ0v) is 15.6. The summed E-state index contributed by atoms with van der Waals surface area (Å²) in [6, 6.07) is 16.8. The molecule has 3 aromatic rings. The molecule has 6 heteroatoms. The molecule has 0 saturated carbocycles. The lowest BCUT2D eigenvalue weighted by Crippen LogP contribution is -2.38. The van der Waals surface area contributed by atoms with Gasteiger partial charge >= 0.3 is 6.18 Å². The van der Waals surface area contributed by atoms with E-state index in [9.17, 15) is 18.0 Å². The Kier molecular flexibility index (Phi) is 5.09. The van der Waals surface area contributed by atoms with E-state index in [2.05, 4.69) is 17.4 Å². The predicted octanol–water partition coefficient (Wildman–Crippen LogP) is 4.98. The summed E-state index contributed by atoms with van der Waals surface area (Å²) in [6.45, 7) is 0.0841. The van der Waals surface area contributed by atoms with Gasteiger partial charge in [-0.2, -0.15) is 17.7 Å². The van der Waals surface area contributed by atoms with Crippen LogP contribution in [0.25, 0.3) is 0 Å². The standard InChI is InChI=1S/C23H19F3N2O/c24-23(25,26)19-9-6-17(7-10-19)22(29)15-28-13-12-21-18(14-28)8-11-20(27-21)16-4-2-1-3-5-16/h1-7,9-10,12-14,20H,8,11,15H2/p+1. The number of aryl methyl sites for hydroxylation is 1. The molecule has 0 spiro atoms. The van der Waals surface area contributed by atoms with Gasteiger partial charge in [0.05, 0.1) is 11.6 Å². The number of carbonyl (C=O) groups is 1. The Labute approximate surface area is 166 Å². The van der Waals surface area contributed by atoms with Crippen LogP contribution in [-0.2, 0) is 19.1 Å². The van der Waals surface area contributed by atoms with E-state index < -0.39 is 11.7 Å². The smallest absolute Gasteiger partial charge is 0.378 e. The zero-order chi connectivity index (χ0) is 20.4. The van der Waals surface area contributed by atoms with E-state index in [1.165, 1.54) is 17.7 Å². The van der Waals surface area contributed by atoms with Crippen molar-refractivity contribution >= 4 is 11.5 Å². The SMILES string of the molecule is O=C(C[n+]1ccc2c(c1)CCC(c1ccccc1)N2)c1ccc(C(F)(F)F)cc1. The lowest BCUT2D eigenvalue weighted by atomic mass is 9.94. The molecule has 1 aliphatic heterocycles. The number of fused-ring (bicyclic) bond motifs is 1. The molecule has 0 amide bonds. The van der Waals surface area contributed by atoms with Gasteiger partial charge in [0, 0.05) is 22.9 Å². The number of nitrogens with one attached hydrogen (secondary N) is 1. The van der Waals surface area contributed by atoms with Crippen molar-refractivity contribution in [1.29, 1.82) is 0 Å². The van der Waals surface area contributed by atoms with Crippen LogP contribution < -0.4 is 9.88 Å². The molecule has 3 nitrogen and oxygen atoms in total. The number of aromatic nitrogens is 1. The van der Waals surface area contributed by atoms with Crippen LogP contribution in [0.2, 0.25) is 0 Å². The molecule has 0 aliphatic carbocycles. The minimum atomic E-state index is -4.40. The van der Waals surface area contributed by atoms with Gasteiger partial charge in [-0.1, -0.05) is 42.5 Å². The molecule has 1 aromatic heterocycles. The Bertz CT molecular complexity index is 1010. The number of ketones is 1. The Balaban J connectivity index is 1.45. The number of alkyl halides is 3. The van der Waals surface area contributed by atoms with Crippen molar-refractivity contribution in [1.82, 2.24) is 0 Å². The minimum absolute atomic E-state index is 0.0841. The van der Waals surface area contributed by atoms with E-state index in [1.54, 1.807) is 4.57 Å². The van der Waals surface area contributed by atoms with Crippen molar-refractivity contribution in [3.8, 4) is 0 Å². The highest BCUT2D eigenvalue weighted by Crippen LogP contribution is 2.31. The van der Waals surface area contributed by atoms with Crippen LogP contribution in [0.1, 0.15) is 39.5 Å². The van der Waals surface area contributed by atoms with Crippen LogP contribution in [0.4, 0.5) is 18.9 Å². The van der Waals surface area contributed by atoms with E-state index in [-0.39, 0.29) is 23.9 Å². The van der Waals surface area contributed by atoms with Crippen molar-refractivity contribution in [2.75, 3.05) is 5.32 Å². The van der Waals surface area contributed by atoms with Crippen molar-refractivity contribution in [2.24, 2.45) is 0 Å². The number of carbonyl (C=O) groups excluding carboxylic acids is 1. The summed E-state index contributed by atoms with van der Waals surface area (Å²) < 4.78 is 39.8. The highest BCUT2D eigenvalue weighted by atomic mass is 19.4. The quantitative estimate of drug-likeness (QED) is 0.498. The van der Waals surface area contributed by atoms with Crippen molar-refractivity contribution < 1.29 is 22.5 Å². The van der Waals surface area contributed by atoms with Crippen molar-refractivity contribution in [2.45, 2.75) is 31.6 Å². The predicted molar refractivity (Wildman–Crippen MR) is 104 cm³/mol. The molecule has 2 heterocycles. The van der Waals surface area contributed by atoms with Crippen LogP contribution in [0.15, 0.2) is 73.1 Å². The number of halogens is 3. The fourth-order valence-electron chi connectivity index (χ4n) is 3.63. The van der Waals surface area contributed by atoms with Gasteiger partial charge in [0.15, 0.2) is 12.4 Å². The highest BCUT2D eigenvalue weighted by Gasteiger charge is 2.30. The first-order chi connectivity index (χ1) is 13.9. The zero-order valence-electron chi connectivity index (χ0n) is 15.6. The summed E-state index contributed by atoms with van der Waals surface area (Å²) in [5.74, 6) is -0.227. The number of nitrogens with zero attached hydrogens (tertiary/aromatic N) is 1. The second kappa shape index (κ2) is 7.70. The van der Waals surface area contributed by atoms with Crippen LogP contribution >= 0.6 is 0 Å². The number of anilines is 1. The second-order valence-electron chi connectivity index (χ2n) is 7.20. The van der Waals surface area contributed by atoms with E-state index in [4.69, 9.17) is 0 Å². The van der Waals surface area contributed by atoms with Gasteiger partial charge in [-0.25, -0.2) is 0 Å². The molecule has 1 N–H and O–H groups in total. The number of pyridine rings is 1. The number of benzene rings is 2. The van der Waals surface area contributed by atoms with Crippen molar-refractivity contribution in [3.63, 3.8) is 0 Å². The van der Waals surface area contributed by atoms with Gasteiger partial charge in [-0.05, 0) is 30.5 Å². The first-order valence-electron chi connectivity index (χ1n) is 9.44. The molecule has 1 unspecified atom stereocenters. The van der Waals surface area contributed by atoms with E-state index in [1.807, 2.05) is 36.7 Å². The Morgan fingerprint density at radius 3 is 2.45 bits per heavy atom. The Hall–Kier alpha value is -3.15. The average Bonchev–Trinajstić information content (AvgIpc) is 2.73. The lowest BCUT2D eigenvalue weighted by molar-refractivity contribution is -0.683. The first-order valence-corrected chi connectivity index (χ1v) is 9.44. The monoisotopic (exact) mass is 397 g/mol. The van der Waals surface area contributed by atoms with Crippen molar-refractivity contribution in [3.05, 3.63) is 95.3 Å². The molecule has 0 radical (unpaired) electrons. The largest absolute Gasteiger partial charge is 0.416 e. The maximum absolute atomic E-state index is 12.7. The highest BCUT2D eigenvalue weighted by molar-refractivity contribution is 5.95. The van der Waals surface area contributed by atoms with Gasteiger partial charge in [0.2, 0.25) is 12.3 Å². The van der Waals surface area contributed by atoms with E-state index in [0.29, 0.717) is 0 Å². The summed E-state index contributed by atoms with van der Waals surface area (Å²) in [5.41, 5.74) is 2.93. The number of Topliss-reactive ketones (excluding diaryl/α,β-unsaturated/α-hetero) is 1. The third-order valence-corrected chi connectivity index (χ3v) is 5.19. The molecule has 0 fully saturated rings. The second-order valence-corrected chi connectivity index (χ2v) is 7.20. The average molecular weight is 397 g/mol. The number of hydrogen-bond donors (Lipinski definition) is 1.